The number of likely N-dealkylation sites (tertiary alicyclic amines) is 1. The minimum atomic E-state index is 0.0489. The van der Waals surface area contributed by atoms with Gasteiger partial charge in [-0.1, -0.05) is 13.8 Å². The van der Waals surface area contributed by atoms with Crippen molar-refractivity contribution in [1.82, 2.24) is 20.0 Å². The van der Waals surface area contributed by atoms with Gasteiger partial charge in [-0.2, -0.15) is 5.10 Å². The van der Waals surface area contributed by atoms with Crippen molar-refractivity contribution in [3.63, 3.8) is 0 Å². The van der Waals surface area contributed by atoms with E-state index in [9.17, 15) is 9.59 Å². The minimum absolute atomic E-state index is 0.0489. The number of aryl methyl sites for hydroxylation is 1. The van der Waals surface area contributed by atoms with E-state index in [1.54, 1.807) is 7.05 Å². The Morgan fingerprint density at radius 2 is 1.88 bits per heavy atom. The molecule has 0 aromatic carbocycles. The van der Waals surface area contributed by atoms with Gasteiger partial charge in [-0.25, -0.2) is 0 Å². The normalized spacial score (nSPS) is 15.7. The van der Waals surface area contributed by atoms with E-state index in [1.807, 2.05) is 11.8 Å². The van der Waals surface area contributed by atoms with Crippen molar-refractivity contribution in [2.75, 3.05) is 20.1 Å². The highest BCUT2D eigenvalue weighted by Crippen LogP contribution is 2.20. The highest BCUT2D eigenvalue weighted by Gasteiger charge is 2.26. The molecular formula is C19H32N4O2. The van der Waals surface area contributed by atoms with Gasteiger partial charge in [0, 0.05) is 44.7 Å². The quantitative estimate of drug-likeness (QED) is 0.856. The molecule has 0 atom stereocenters. The molecule has 1 aromatic rings. The summed E-state index contributed by atoms with van der Waals surface area (Å²) < 4.78 is 2.06. The maximum atomic E-state index is 12.5. The van der Waals surface area contributed by atoms with E-state index in [1.165, 1.54) is 11.3 Å². The monoisotopic (exact) mass is 348 g/mol. The maximum Gasteiger partial charge on any atom is 0.222 e. The Kier molecular flexibility index (Phi) is 6.62. The number of aromatic nitrogens is 2. The predicted octanol–water partition coefficient (Wildman–Crippen LogP) is 2.07. The van der Waals surface area contributed by atoms with Crippen LogP contribution in [0, 0.1) is 25.7 Å². The van der Waals surface area contributed by atoms with Crippen molar-refractivity contribution >= 4 is 11.8 Å². The zero-order valence-electron chi connectivity index (χ0n) is 16.3. The van der Waals surface area contributed by atoms with Gasteiger partial charge in [0.05, 0.1) is 5.69 Å². The minimum Gasteiger partial charge on any atom is -0.359 e. The van der Waals surface area contributed by atoms with Crippen molar-refractivity contribution in [2.45, 2.75) is 59.9 Å². The molecule has 0 radical (unpaired) electrons. The van der Waals surface area contributed by atoms with Gasteiger partial charge in [-0.3, -0.25) is 14.3 Å². The summed E-state index contributed by atoms with van der Waals surface area (Å²) in [6, 6.07) is 0. The number of amides is 2. The Labute approximate surface area is 151 Å². The smallest absolute Gasteiger partial charge is 0.222 e. The van der Waals surface area contributed by atoms with E-state index in [2.05, 4.69) is 35.9 Å². The van der Waals surface area contributed by atoms with E-state index in [0.29, 0.717) is 25.4 Å². The third-order valence-electron chi connectivity index (χ3n) is 5.12. The lowest BCUT2D eigenvalue weighted by atomic mass is 9.95. The molecule has 25 heavy (non-hydrogen) atoms. The Morgan fingerprint density at radius 3 is 2.44 bits per heavy atom. The zero-order chi connectivity index (χ0) is 18.6. The van der Waals surface area contributed by atoms with Crippen LogP contribution in [-0.2, 0) is 22.6 Å². The molecule has 6 nitrogen and oxygen atoms in total. The molecule has 0 spiro atoms. The third-order valence-corrected chi connectivity index (χ3v) is 5.12. The van der Waals surface area contributed by atoms with Crippen LogP contribution >= 0.6 is 0 Å². The molecular weight excluding hydrogens is 316 g/mol. The van der Waals surface area contributed by atoms with Gasteiger partial charge in [-0.05, 0) is 44.6 Å². The lowest BCUT2D eigenvalue weighted by Crippen LogP contribution is -2.42. The number of hydrogen-bond acceptors (Lipinski definition) is 3. The molecule has 140 valence electrons. The highest BCUT2D eigenvalue weighted by molar-refractivity contribution is 5.80. The van der Waals surface area contributed by atoms with Crippen LogP contribution in [0.5, 0.6) is 0 Å². The van der Waals surface area contributed by atoms with Crippen molar-refractivity contribution in [3.8, 4) is 0 Å². The second kappa shape index (κ2) is 8.50. The number of nitrogens with zero attached hydrogens (tertiary/aromatic N) is 3. The molecule has 0 aliphatic carbocycles. The van der Waals surface area contributed by atoms with Crippen LogP contribution in [0.3, 0.4) is 0 Å². The summed E-state index contributed by atoms with van der Waals surface area (Å²) in [6.45, 7) is 10.8. The molecule has 1 aromatic heterocycles. The summed E-state index contributed by atoms with van der Waals surface area (Å²) >= 11 is 0. The molecule has 1 saturated heterocycles. The molecule has 1 aliphatic rings. The molecule has 0 bridgehead atoms. The molecule has 1 N–H and O–H groups in total. The van der Waals surface area contributed by atoms with Crippen LogP contribution in [0.25, 0.3) is 0 Å². The van der Waals surface area contributed by atoms with Crippen LogP contribution in [0.15, 0.2) is 0 Å². The van der Waals surface area contributed by atoms with Gasteiger partial charge in [0.2, 0.25) is 11.8 Å². The van der Waals surface area contributed by atoms with Crippen LogP contribution < -0.4 is 5.32 Å². The van der Waals surface area contributed by atoms with Crippen molar-refractivity contribution in [3.05, 3.63) is 17.0 Å². The molecule has 2 rings (SSSR count). The van der Waals surface area contributed by atoms with Gasteiger partial charge in [0.25, 0.3) is 0 Å². The van der Waals surface area contributed by atoms with Crippen LogP contribution in [0.1, 0.15) is 50.1 Å². The number of nitrogens with one attached hydrogen (secondary N) is 1. The number of carbonyl (C=O) groups excluding carboxylic acids is 2. The number of hydrogen-bond donors (Lipinski definition) is 1. The van der Waals surface area contributed by atoms with E-state index in [0.717, 1.165) is 31.5 Å². The molecule has 6 heteroatoms. The van der Waals surface area contributed by atoms with E-state index < -0.39 is 0 Å². The Hall–Kier alpha value is -1.85. The SMILES string of the molecule is CNC(=O)C1CCN(C(=O)CCc2c(C)nn(CC(C)C)c2C)CC1. The first-order chi connectivity index (χ1) is 11.8. The summed E-state index contributed by atoms with van der Waals surface area (Å²) in [5, 5.41) is 7.33. The molecule has 0 unspecified atom stereocenters. The topological polar surface area (TPSA) is 67.2 Å². The number of rotatable bonds is 6. The summed E-state index contributed by atoms with van der Waals surface area (Å²) in [5.74, 6) is 0.878. The average Bonchev–Trinajstić information content (AvgIpc) is 2.85. The standard InChI is InChI=1S/C19H32N4O2/c1-13(2)12-23-15(4)17(14(3)21-23)6-7-18(24)22-10-8-16(9-11-22)19(25)20-5/h13,16H,6-12H2,1-5H3,(H,20,25). The summed E-state index contributed by atoms with van der Waals surface area (Å²) in [5.41, 5.74) is 3.41. The van der Waals surface area contributed by atoms with Gasteiger partial charge in [0.1, 0.15) is 0 Å². The molecule has 2 heterocycles. The lowest BCUT2D eigenvalue weighted by molar-refractivity contribution is -0.135. The second-order valence-electron chi connectivity index (χ2n) is 7.49. The van der Waals surface area contributed by atoms with Gasteiger partial charge in [-0.15, -0.1) is 0 Å². The van der Waals surface area contributed by atoms with Crippen molar-refractivity contribution < 1.29 is 9.59 Å². The predicted molar refractivity (Wildman–Crippen MR) is 98.2 cm³/mol. The number of carbonyl (C=O) groups is 2. The molecule has 1 fully saturated rings. The average molecular weight is 348 g/mol. The van der Waals surface area contributed by atoms with Crippen molar-refractivity contribution in [2.24, 2.45) is 11.8 Å². The third kappa shape index (κ3) is 4.83. The molecule has 1 aliphatic heterocycles. The fraction of sp³-hybridized carbons (Fsp3) is 0.737. The van der Waals surface area contributed by atoms with E-state index in [4.69, 9.17) is 0 Å². The molecule has 2 amide bonds. The Bertz CT molecular complexity index is 613. The lowest BCUT2D eigenvalue weighted by Gasteiger charge is -2.31. The van der Waals surface area contributed by atoms with E-state index >= 15 is 0 Å². The summed E-state index contributed by atoms with van der Waals surface area (Å²) in [6.07, 6.45) is 2.77. The summed E-state index contributed by atoms with van der Waals surface area (Å²) in [7, 11) is 1.67. The fourth-order valence-corrected chi connectivity index (χ4v) is 3.60. The first-order valence-corrected chi connectivity index (χ1v) is 9.35. The van der Waals surface area contributed by atoms with Crippen LogP contribution in [0.2, 0.25) is 0 Å². The zero-order valence-corrected chi connectivity index (χ0v) is 16.3. The van der Waals surface area contributed by atoms with Crippen LogP contribution in [0.4, 0.5) is 0 Å². The van der Waals surface area contributed by atoms with Crippen LogP contribution in [-0.4, -0.2) is 46.6 Å². The van der Waals surface area contributed by atoms with Gasteiger partial charge >= 0.3 is 0 Å². The number of piperidine rings is 1. The Morgan fingerprint density at radius 1 is 1.24 bits per heavy atom. The second-order valence-corrected chi connectivity index (χ2v) is 7.49. The fourth-order valence-electron chi connectivity index (χ4n) is 3.60. The Balaban J connectivity index is 1.89. The maximum absolute atomic E-state index is 12.5. The van der Waals surface area contributed by atoms with Gasteiger partial charge in [0.15, 0.2) is 0 Å². The van der Waals surface area contributed by atoms with E-state index in [-0.39, 0.29) is 17.7 Å². The first-order valence-electron chi connectivity index (χ1n) is 9.35. The largest absolute Gasteiger partial charge is 0.359 e. The van der Waals surface area contributed by atoms with Gasteiger partial charge < -0.3 is 10.2 Å². The molecule has 0 saturated carbocycles. The highest BCUT2D eigenvalue weighted by atomic mass is 16.2. The van der Waals surface area contributed by atoms with Crippen molar-refractivity contribution in [1.29, 1.82) is 0 Å². The first kappa shape index (κ1) is 19.5. The summed E-state index contributed by atoms with van der Waals surface area (Å²) in [4.78, 5) is 26.1.